The number of rotatable bonds is 9. The molecule has 2 bridgehead atoms. The summed E-state index contributed by atoms with van der Waals surface area (Å²) in [6.45, 7) is 5.51. The minimum Gasteiger partial charge on any atom is -0.497 e. The van der Waals surface area contributed by atoms with Crippen LogP contribution in [0, 0.1) is 17.8 Å². The fraction of sp³-hybridized carbons (Fsp3) is 0.438. The van der Waals surface area contributed by atoms with Crippen molar-refractivity contribution in [1.82, 2.24) is 19.5 Å². The predicted molar refractivity (Wildman–Crippen MR) is 158 cm³/mol. The third-order valence-electron chi connectivity index (χ3n) is 9.64. The zero-order valence-electron chi connectivity index (χ0n) is 23.2. The summed E-state index contributed by atoms with van der Waals surface area (Å²) in [5.41, 5.74) is 4.18. The quantitative estimate of drug-likeness (QED) is 0.274. The summed E-state index contributed by atoms with van der Waals surface area (Å²) in [5, 5.41) is 5.09. The van der Waals surface area contributed by atoms with Gasteiger partial charge in [0.1, 0.15) is 17.3 Å². The Kier molecular flexibility index (Phi) is 6.31. The molecule has 1 aromatic carbocycles. The van der Waals surface area contributed by atoms with Crippen molar-refractivity contribution in [2.45, 2.75) is 31.5 Å². The molecule has 1 aliphatic carbocycles. The van der Waals surface area contributed by atoms with Crippen LogP contribution in [-0.4, -0.2) is 71.6 Å². The second kappa shape index (κ2) is 10.2. The predicted octanol–water partition coefficient (Wildman–Crippen LogP) is 5.18. The van der Waals surface area contributed by atoms with E-state index >= 15 is 0 Å². The van der Waals surface area contributed by atoms with Crippen molar-refractivity contribution in [1.29, 1.82) is 0 Å². The molecule has 0 spiro atoms. The largest absolute Gasteiger partial charge is 0.497 e. The van der Waals surface area contributed by atoms with Crippen molar-refractivity contribution < 1.29 is 14.2 Å². The number of halogens is 1. The second-order valence-electron chi connectivity index (χ2n) is 11.9. The minimum absolute atomic E-state index is 0.555. The van der Waals surface area contributed by atoms with Crippen LogP contribution in [0.1, 0.15) is 18.4 Å². The van der Waals surface area contributed by atoms with Crippen molar-refractivity contribution in [2.75, 3.05) is 44.9 Å². The van der Waals surface area contributed by atoms with E-state index in [4.69, 9.17) is 30.8 Å². The molecule has 4 unspecified atom stereocenters. The van der Waals surface area contributed by atoms with Crippen LogP contribution in [-0.2, 0) is 11.3 Å². The smallest absolute Gasteiger partial charge is 0.138 e. The molecule has 9 heteroatoms. The van der Waals surface area contributed by atoms with Crippen molar-refractivity contribution in [2.24, 2.45) is 17.8 Å². The van der Waals surface area contributed by atoms with Crippen LogP contribution in [0.5, 0.6) is 11.5 Å². The molecule has 4 saturated heterocycles. The van der Waals surface area contributed by atoms with E-state index in [-0.39, 0.29) is 0 Å². The number of piperazine rings is 1. The summed E-state index contributed by atoms with van der Waals surface area (Å²) in [7, 11) is 1.71. The minimum atomic E-state index is 0.555. The van der Waals surface area contributed by atoms with Gasteiger partial charge < -0.3 is 19.1 Å². The Balaban J connectivity index is 0.948. The lowest BCUT2D eigenvalue weighted by Gasteiger charge is -2.56. The monoisotopic (exact) mass is 571 g/mol. The molecule has 0 N–H and O–H groups in total. The summed E-state index contributed by atoms with van der Waals surface area (Å²) in [6.07, 6.45) is 7.89. The number of fused-ring (bicyclic) bond motifs is 4. The third-order valence-corrected chi connectivity index (χ3v) is 9.92. The van der Waals surface area contributed by atoms with E-state index in [9.17, 15) is 0 Å². The fourth-order valence-electron chi connectivity index (χ4n) is 7.27. The first-order chi connectivity index (χ1) is 20.1. The summed E-state index contributed by atoms with van der Waals surface area (Å²) < 4.78 is 18.9. The van der Waals surface area contributed by atoms with Gasteiger partial charge in [-0.05, 0) is 66.5 Å². The van der Waals surface area contributed by atoms with E-state index in [1.165, 1.54) is 12.0 Å². The fourth-order valence-corrected chi connectivity index (χ4v) is 7.50. The molecule has 41 heavy (non-hydrogen) atoms. The molecule has 3 aromatic heterocycles. The molecular formula is C32H34ClN5O3. The normalized spacial score (nSPS) is 26.6. The molecule has 7 heterocycles. The van der Waals surface area contributed by atoms with Gasteiger partial charge in [0.2, 0.25) is 0 Å². The Bertz CT molecular complexity index is 1540. The summed E-state index contributed by atoms with van der Waals surface area (Å²) in [4.78, 5) is 9.95. The van der Waals surface area contributed by atoms with Crippen LogP contribution in [0.2, 0.25) is 5.02 Å². The molecule has 5 aliphatic rings. The van der Waals surface area contributed by atoms with Crippen molar-refractivity contribution >= 4 is 22.9 Å². The molecule has 1 saturated carbocycles. The maximum absolute atomic E-state index is 6.57. The highest BCUT2D eigenvalue weighted by atomic mass is 35.5. The Morgan fingerprint density at radius 1 is 1.00 bits per heavy atom. The van der Waals surface area contributed by atoms with Gasteiger partial charge in [0.05, 0.1) is 49.9 Å². The number of ether oxygens (including phenoxy) is 3. The number of pyridine rings is 2. The van der Waals surface area contributed by atoms with E-state index in [2.05, 4.69) is 45.2 Å². The van der Waals surface area contributed by atoms with Gasteiger partial charge in [-0.3, -0.25) is 4.90 Å². The van der Waals surface area contributed by atoms with Gasteiger partial charge in [0.25, 0.3) is 0 Å². The molecular weight excluding hydrogens is 538 g/mol. The molecule has 4 atom stereocenters. The van der Waals surface area contributed by atoms with Crippen LogP contribution in [0.4, 0.5) is 5.82 Å². The number of nitrogens with zero attached hydrogens (tertiary/aromatic N) is 5. The Hall–Kier alpha value is -3.33. The van der Waals surface area contributed by atoms with Gasteiger partial charge in [-0.25, -0.2) is 9.50 Å². The van der Waals surface area contributed by atoms with Gasteiger partial charge in [0.15, 0.2) is 0 Å². The number of piperidine rings is 1. The number of hydrogen-bond acceptors (Lipinski definition) is 7. The first-order valence-corrected chi connectivity index (χ1v) is 15.0. The number of methoxy groups -OCH3 is 1. The van der Waals surface area contributed by atoms with E-state index in [1.54, 1.807) is 13.3 Å². The lowest BCUT2D eigenvalue weighted by atomic mass is 9.86. The SMILES string of the molecule is COc1ccc(CN2C3CC2CN(c2ccc(-c4cc(OCCC5C6COCC56)cn5ncc(Cl)c45)cn2)C3)cc1. The molecule has 4 aliphatic heterocycles. The highest BCUT2D eigenvalue weighted by Gasteiger charge is 2.53. The zero-order chi connectivity index (χ0) is 27.5. The van der Waals surface area contributed by atoms with E-state index in [1.807, 2.05) is 29.0 Å². The first-order valence-electron chi connectivity index (χ1n) is 14.6. The molecule has 9 rings (SSSR count). The number of hydrogen-bond donors (Lipinski definition) is 0. The standard InChI is InChI=1S/C32H34ClN5O3/c1-39-24-5-2-20(3-6-24)14-37-22-10-23(37)16-36(15-22)31-7-4-21(12-34-31)27-11-25(17-38-32(27)30(33)13-35-38)41-9-8-26-28-18-40-19-29(26)28/h2-7,11-13,17,22-23,26,28-29H,8-10,14-16,18-19H2,1H3. The van der Waals surface area contributed by atoms with Crippen LogP contribution in [0.15, 0.2) is 61.1 Å². The van der Waals surface area contributed by atoms with Crippen molar-refractivity contribution in [3.63, 3.8) is 0 Å². The number of anilines is 1. The molecule has 212 valence electrons. The first kappa shape index (κ1) is 25.4. The van der Waals surface area contributed by atoms with Crippen LogP contribution >= 0.6 is 11.6 Å². The Morgan fingerprint density at radius 2 is 1.80 bits per heavy atom. The van der Waals surface area contributed by atoms with Gasteiger partial charge in [-0.1, -0.05) is 23.7 Å². The Labute approximate surface area is 244 Å². The van der Waals surface area contributed by atoms with Crippen LogP contribution < -0.4 is 14.4 Å². The molecule has 0 radical (unpaired) electrons. The van der Waals surface area contributed by atoms with E-state index in [0.717, 1.165) is 91.0 Å². The highest BCUT2D eigenvalue weighted by Crippen LogP contribution is 2.52. The Morgan fingerprint density at radius 3 is 2.54 bits per heavy atom. The van der Waals surface area contributed by atoms with Gasteiger partial charge in [0, 0.05) is 49.0 Å². The maximum Gasteiger partial charge on any atom is 0.138 e. The maximum atomic E-state index is 6.57. The molecule has 4 aromatic rings. The van der Waals surface area contributed by atoms with Crippen LogP contribution in [0.25, 0.3) is 16.6 Å². The second-order valence-corrected chi connectivity index (χ2v) is 12.3. The van der Waals surface area contributed by atoms with Gasteiger partial charge in [-0.2, -0.15) is 5.10 Å². The van der Waals surface area contributed by atoms with Crippen LogP contribution in [0.3, 0.4) is 0 Å². The average molecular weight is 572 g/mol. The van der Waals surface area contributed by atoms with Crippen molar-refractivity contribution in [3.8, 4) is 22.6 Å². The molecule has 8 nitrogen and oxygen atoms in total. The molecule has 0 amide bonds. The summed E-state index contributed by atoms with van der Waals surface area (Å²) in [6, 6.07) is 15.9. The topological polar surface area (TPSA) is 64.4 Å². The summed E-state index contributed by atoms with van der Waals surface area (Å²) in [5.74, 6) is 4.96. The lowest BCUT2D eigenvalue weighted by molar-refractivity contribution is -0.00868. The van der Waals surface area contributed by atoms with Gasteiger partial charge in [-0.15, -0.1) is 0 Å². The number of aromatic nitrogens is 3. The van der Waals surface area contributed by atoms with E-state index < -0.39 is 0 Å². The molecule has 5 fully saturated rings. The van der Waals surface area contributed by atoms with E-state index in [0.29, 0.717) is 23.7 Å². The van der Waals surface area contributed by atoms with Crippen molar-refractivity contribution in [3.05, 3.63) is 71.6 Å². The van der Waals surface area contributed by atoms with Gasteiger partial charge >= 0.3 is 0 Å². The average Bonchev–Trinajstić information content (AvgIpc) is 3.29. The summed E-state index contributed by atoms with van der Waals surface area (Å²) >= 11 is 6.57. The third kappa shape index (κ3) is 4.62. The highest BCUT2D eigenvalue weighted by molar-refractivity contribution is 6.34. The lowest BCUT2D eigenvalue weighted by Crippen LogP contribution is -2.68. The number of benzene rings is 1. The zero-order valence-corrected chi connectivity index (χ0v) is 23.9.